The first-order valence-corrected chi connectivity index (χ1v) is 16.9. The molecule has 1 fully saturated rings. The van der Waals surface area contributed by atoms with Gasteiger partial charge in [-0.25, -0.2) is 19.3 Å². The SMILES string of the molecule is CC(C)C(=O)Nc1nc2c(ncn2[C@@H]2O[C@@H]3COPOCCn4c(nc5cc(C#N)cnc54)COP(O)(=S)O[C@@H]2[C@@H]3F)c(=O)[nH]1. The second kappa shape index (κ2) is 12.8. The van der Waals surface area contributed by atoms with Crippen LogP contribution < -0.4 is 10.9 Å². The fraction of sp³-hybridized carbons (Fsp3) is 0.458. The van der Waals surface area contributed by atoms with Crippen molar-refractivity contribution >= 4 is 61.7 Å². The minimum atomic E-state index is -4.18. The highest BCUT2D eigenvalue weighted by Crippen LogP contribution is 2.51. The minimum Gasteiger partial charge on any atom is -0.346 e. The van der Waals surface area contributed by atoms with Crippen molar-refractivity contribution in [1.82, 2.24) is 34.1 Å². The largest absolute Gasteiger partial charge is 0.346 e. The summed E-state index contributed by atoms with van der Waals surface area (Å²) in [5.74, 6) is -0.646. The van der Waals surface area contributed by atoms with Crippen LogP contribution in [-0.4, -0.2) is 76.4 Å². The second-order valence-corrected chi connectivity index (χ2v) is 13.8. The third kappa shape index (κ3) is 6.52. The molecule has 238 valence electrons. The van der Waals surface area contributed by atoms with Crippen molar-refractivity contribution in [2.45, 2.75) is 51.6 Å². The zero-order valence-electron chi connectivity index (χ0n) is 23.6. The van der Waals surface area contributed by atoms with Crippen LogP contribution in [0.25, 0.3) is 22.3 Å². The Kier molecular flexibility index (Phi) is 9.03. The van der Waals surface area contributed by atoms with Crippen LogP contribution in [0.1, 0.15) is 31.5 Å². The summed E-state index contributed by atoms with van der Waals surface area (Å²) in [5, 5.41) is 11.8. The number of ether oxygens (including phenoxy) is 1. The maximum absolute atomic E-state index is 15.9. The maximum Gasteiger partial charge on any atom is 0.325 e. The molecule has 0 radical (unpaired) electrons. The van der Waals surface area contributed by atoms with E-state index >= 15 is 4.39 Å². The number of rotatable bonds is 3. The van der Waals surface area contributed by atoms with Crippen LogP contribution in [0.15, 0.2) is 23.4 Å². The lowest BCUT2D eigenvalue weighted by atomic mass is 10.1. The zero-order chi connectivity index (χ0) is 31.9. The summed E-state index contributed by atoms with van der Waals surface area (Å²) >= 11 is 5.27. The van der Waals surface area contributed by atoms with Gasteiger partial charge in [0.1, 0.15) is 36.2 Å². The van der Waals surface area contributed by atoms with Gasteiger partial charge in [-0.05, 0) is 17.9 Å². The standard InChI is InChI=1S/C24H26FN9O8P2S/c1-11(2)21(35)31-24-30-20-17(22(36)32-24)28-10-34(20)23-18-16(25)14(41-23)8-39-43-38-4-3-33-15(9-40-44(37,45)42-18)29-13-5-12(6-26)7-27-19(13)33/h5,7,10-11,14,16,18,23,43H,3-4,8-9H2,1-2H3,(H,37,45)(H2,30,31,32,35,36)/t14-,16-,18-,23-,44?/m1/s1. The zero-order valence-corrected chi connectivity index (χ0v) is 26.3. The van der Waals surface area contributed by atoms with E-state index in [1.165, 1.54) is 17.1 Å². The third-order valence-corrected chi connectivity index (χ3v) is 9.07. The van der Waals surface area contributed by atoms with E-state index in [1.54, 1.807) is 24.5 Å². The smallest absolute Gasteiger partial charge is 0.325 e. The molecule has 4 aromatic heterocycles. The molecule has 0 saturated carbocycles. The molecule has 0 aliphatic carbocycles. The van der Waals surface area contributed by atoms with Gasteiger partial charge in [0.05, 0.1) is 25.1 Å². The number of imidazole rings is 2. The van der Waals surface area contributed by atoms with Crippen LogP contribution in [0.5, 0.6) is 0 Å². The van der Waals surface area contributed by atoms with Gasteiger partial charge in [-0.1, -0.05) is 13.8 Å². The van der Waals surface area contributed by atoms with Crippen molar-refractivity contribution in [2.75, 3.05) is 18.5 Å². The second-order valence-electron chi connectivity index (χ2n) is 10.3. The van der Waals surface area contributed by atoms with Gasteiger partial charge in [0.25, 0.3) is 5.56 Å². The van der Waals surface area contributed by atoms with Crippen LogP contribution >= 0.6 is 15.8 Å². The first kappa shape index (κ1) is 31.7. The van der Waals surface area contributed by atoms with Gasteiger partial charge in [-0.2, -0.15) is 10.2 Å². The summed E-state index contributed by atoms with van der Waals surface area (Å²) in [6.07, 6.45) is -3.38. The Morgan fingerprint density at radius 3 is 2.93 bits per heavy atom. The van der Waals surface area contributed by atoms with Gasteiger partial charge in [0.2, 0.25) is 11.9 Å². The van der Waals surface area contributed by atoms with Gasteiger partial charge >= 0.3 is 6.72 Å². The Bertz CT molecular complexity index is 1910. The number of hydrogen-bond acceptors (Lipinski definition) is 13. The highest BCUT2D eigenvalue weighted by molar-refractivity contribution is 8.07. The highest BCUT2D eigenvalue weighted by atomic mass is 32.5. The van der Waals surface area contributed by atoms with E-state index in [0.717, 1.165) is 0 Å². The predicted octanol–water partition coefficient (Wildman–Crippen LogP) is 1.94. The molecule has 1 saturated heterocycles. The number of halogens is 1. The predicted molar refractivity (Wildman–Crippen MR) is 159 cm³/mol. The lowest BCUT2D eigenvalue weighted by molar-refractivity contribution is -0.118. The summed E-state index contributed by atoms with van der Waals surface area (Å²) < 4.78 is 47.4. The number of nitriles is 1. The van der Waals surface area contributed by atoms with Crippen molar-refractivity contribution in [2.24, 2.45) is 5.92 Å². The Morgan fingerprint density at radius 2 is 2.16 bits per heavy atom. The molecule has 2 aliphatic rings. The summed E-state index contributed by atoms with van der Waals surface area (Å²) in [6.45, 7) is -1.00. The van der Waals surface area contributed by atoms with Crippen LogP contribution in [0.3, 0.4) is 0 Å². The number of amides is 1. The molecule has 1 amide bonds. The Morgan fingerprint density at radius 1 is 1.33 bits per heavy atom. The van der Waals surface area contributed by atoms with Gasteiger partial charge in [-0.3, -0.25) is 29.0 Å². The van der Waals surface area contributed by atoms with Gasteiger partial charge in [0.15, 0.2) is 38.2 Å². The normalized spacial score (nSPS) is 26.8. The molecule has 45 heavy (non-hydrogen) atoms. The molecule has 6 heterocycles. The average Bonchev–Trinajstić information content (AvgIpc) is 3.66. The first-order chi connectivity index (χ1) is 21.5. The van der Waals surface area contributed by atoms with Gasteiger partial charge < -0.3 is 27.8 Å². The fourth-order valence-corrected chi connectivity index (χ4v) is 6.54. The van der Waals surface area contributed by atoms with Crippen molar-refractivity contribution in [1.29, 1.82) is 5.26 Å². The number of aromatic amines is 1. The highest BCUT2D eigenvalue weighted by Gasteiger charge is 2.50. The molecule has 0 aromatic carbocycles. The van der Waals surface area contributed by atoms with Crippen molar-refractivity contribution in [3.05, 3.63) is 40.3 Å². The molecule has 4 aromatic rings. The van der Waals surface area contributed by atoms with Crippen LogP contribution in [0, 0.1) is 17.2 Å². The number of nitrogens with zero attached hydrogens (tertiary/aromatic N) is 7. The minimum absolute atomic E-state index is 0.0464. The van der Waals surface area contributed by atoms with Crippen molar-refractivity contribution < 1.29 is 36.9 Å². The number of fused-ring (bicyclic) bond motifs is 6. The van der Waals surface area contributed by atoms with Gasteiger partial charge in [-0.15, -0.1) is 0 Å². The number of alkyl halides is 1. The van der Waals surface area contributed by atoms with E-state index in [4.69, 9.17) is 34.6 Å². The number of carbonyl (C=O) groups excluding carboxylic acids is 1. The first-order valence-electron chi connectivity index (χ1n) is 13.5. The van der Waals surface area contributed by atoms with Crippen LogP contribution in [0.2, 0.25) is 0 Å². The van der Waals surface area contributed by atoms with Crippen LogP contribution in [0.4, 0.5) is 10.3 Å². The lowest BCUT2D eigenvalue weighted by Gasteiger charge is -2.25. The molecule has 2 unspecified atom stereocenters. The van der Waals surface area contributed by atoms with Crippen molar-refractivity contribution in [3.8, 4) is 6.07 Å². The van der Waals surface area contributed by atoms with E-state index in [-0.39, 0.29) is 43.5 Å². The Labute approximate surface area is 260 Å². The Balaban J connectivity index is 1.33. The van der Waals surface area contributed by atoms with E-state index < -0.39 is 57.7 Å². The fourth-order valence-electron chi connectivity index (χ4n) is 4.72. The third-order valence-electron chi connectivity index (χ3n) is 6.92. The van der Waals surface area contributed by atoms with E-state index in [0.29, 0.717) is 22.6 Å². The maximum atomic E-state index is 15.9. The number of hydrogen-bond donors (Lipinski definition) is 3. The molecule has 3 N–H and O–H groups in total. The number of carbonyl (C=O) groups is 1. The summed E-state index contributed by atoms with van der Waals surface area (Å²) in [4.78, 5) is 55.7. The van der Waals surface area contributed by atoms with Crippen LogP contribution in [-0.2, 0) is 52.6 Å². The molecular formula is C24H26FN9O8P2S. The van der Waals surface area contributed by atoms with E-state index in [9.17, 15) is 19.7 Å². The number of H-pyrrole nitrogens is 1. The number of anilines is 1. The molecule has 2 aliphatic heterocycles. The average molecular weight is 682 g/mol. The number of aromatic nitrogens is 7. The molecular weight excluding hydrogens is 655 g/mol. The molecule has 6 atom stereocenters. The number of nitrogens with one attached hydrogen (secondary N) is 2. The molecule has 21 heteroatoms. The van der Waals surface area contributed by atoms with E-state index in [1.807, 2.05) is 6.07 Å². The summed E-state index contributed by atoms with van der Waals surface area (Å²) in [6, 6.07) is 3.56. The summed E-state index contributed by atoms with van der Waals surface area (Å²) in [5.41, 5.74) is 0.347. The molecule has 6 rings (SSSR count). The topological polar surface area (TPSA) is 214 Å². The van der Waals surface area contributed by atoms with Crippen molar-refractivity contribution in [3.63, 3.8) is 0 Å². The summed E-state index contributed by atoms with van der Waals surface area (Å²) in [7, 11) is -0.476. The quantitative estimate of drug-likeness (QED) is 0.264. The van der Waals surface area contributed by atoms with Gasteiger partial charge in [0, 0.05) is 18.7 Å². The molecule has 2 bridgehead atoms. The lowest BCUT2D eigenvalue weighted by Crippen LogP contribution is -2.32. The molecule has 0 spiro atoms. The molecule has 17 nitrogen and oxygen atoms in total. The number of pyridine rings is 1. The Hall–Kier alpha value is -3.30. The monoisotopic (exact) mass is 681 g/mol. The van der Waals surface area contributed by atoms with E-state index in [2.05, 4.69) is 30.2 Å².